The number of amides is 1. The van der Waals surface area contributed by atoms with E-state index in [0.717, 1.165) is 32.4 Å². The molecule has 0 unspecified atom stereocenters. The minimum absolute atomic E-state index is 0.0682. The third kappa shape index (κ3) is 3.89. The van der Waals surface area contributed by atoms with Crippen LogP contribution in [-0.2, 0) is 14.3 Å². The predicted octanol–water partition coefficient (Wildman–Crippen LogP) is 1.45. The highest BCUT2D eigenvalue weighted by Gasteiger charge is 2.36. The first kappa shape index (κ1) is 17.6. The van der Waals surface area contributed by atoms with Crippen LogP contribution in [0.25, 0.3) is 0 Å². The largest absolute Gasteiger partial charge is 0.466 e. The molecule has 0 bridgehead atoms. The Morgan fingerprint density at radius 2 is 2.25 bits per heavy atom. The fraction of sp³-hybridized carbons (Fsp3) is 0.733. The Hall–Kier alpha value is -1.19. The molecule has 2 saturated heterocycles. The molecular formula is C15H22N4O3S2. The second-order valence-corrected chi connectivity index (χ2v) is 7.69. The number of hydrogen-bond donors (Lipinski definition) is 0. The molecule has 1 atom stereocenters. The highest BCUT2D eigenvalue weighted by Crippen LogP contribution is 2.29. The summed E-state index contributed by atoms with van der Waals surface area (Å²) in [4.78, 5) is 30.0. The number of ether oxygens (including phenoxy) is 1. The molecule has 0 aliphatic carbocycles. The van der Waals surface area contributed by atoms with Crippen LogP contribution in [-0.4, -0.2) is 69.2 Å². The summed E-state index contributed by atoms with van der Waals surface area (Å²) >= 11 is 6.84. The van der Waals surface area contributed by atoms with Crippen molar-refractivity contribution < 1.29 is 14.3 Å². The van der Waals surface area contributed by atoms with E-state index in [1.165, 1.54) is 11.8 Å². The number of piperidine rings is 1. The number of fused-ring (bicyclic) bond motifs is 1. The van der Waals surface area contributed by atoms with Gasteiger partial charge in [0.05, 0.1) is 19.2 Å². The number of esters is 1. The minimum atomic E-state index is -0.108. The number of likely N-dealkylation sites (tertiary alicyclic amines) is 1. The smallest absolute Gasteiger partial charge is 0.310 e. The van der Waals surface area contributed by atoms with Gasteiger partial charge in [-0.1, -0.05) is 12.2 Å². The first-order valence-electron chi connectivity index (χ1n) is 8.35. The molecule has 9 heteroatoms. The Morgan fingerprint density at radius 3 is 3.04 bits per heavy atom. The fourth-order valence-electron chi connectivity index (χ4n) is 3.18. The zero-order valence-electron chi connectivity index (χ0n) is 13.8. The van der Waals surface area contributed by atoms with E-state index in [4.69, 9.17) is 17.0 Å². The van der Waals surface area contributed by atoms with E-state index in [0.29, 0.717) is 35.7 Å². The van der Waals surface area contributed by atoms with Gasteiger partial charge in [-0.05, 0) is 44.5 Å². The monoisotopic (exact) mass is 370 g/mol. The lowest BCUT2D eigenvalue weighted by molar-refractivity contribution is -0.150. The van der Waals surface area contributed by atoms with Crippen molar-refractivity contribution in [3.63, 3.8) is 0 Å². The van der Waals surface area contributed by atoms with Gasteiger partial charge >= 0.3 is 5.97 Å². The zero-order chi connectivity index (χ0) is 17.1. The van der Waals surface area contributed by atoms with E-state index < -0.39 is 0 Å². The number of carbonyl (C=O) groups excluding carboxylic acids is 2. The second kappa shape index (κ2) is 7.79. The van der Waals surface area contributed by atoms with E-state index in [-0.39, 0.29) is 17.8 Å². The molecule has 3 aliphatic heterocycles. The maximum absolute atomic E-state index is 12.0. The van der Waals surface area contributed by atoms with Crippen molar-refractivity contribution in [1.29, 1.82) is 0 Å². The van der Waals surface area contributed by atoms with Gasteiger partial charge < -0.3 is 4.74 Å². The Bertz CT molecular complexity index is 569. The average molecular weight is 371 g/mol. The molecule has 1 amide bonds. The van der Waals surface area contributed by atoms with E-state index in [1.54, 1.807) is 0 Å². The Kier molecular flexibility index (Phi) is 5.72. The molecule has 132 valence electrons. The van der Waals surface area contributed by atoms with E-state index in [2.05, 4.69) is 9.89 Å². The third-order valence-electron chi connectivity index (χ3n) is 4.34. The van der Waals surface area contributed by atoms with Gasteiger partial charge in [-0.2, -0.15) is 4.99 Å². The summed E-state index contributed by atoms with van der Waals surface area (Å²) in [7, 11) is 0. The van der Waals surface area contributed by atoms with Gasteiger partial charge in [0.2, 0.25) is 5.91 Å². The number of hydrazine groups is 1. The summed E-state index contributed by atoms with van der Waals surface area (Å²) in [6.07, 6.45) is 3.10. The molecule has 24 heavy (non-hydrogen) atoms. The molecule has 2 fully saturated rings. The van der Waals surface area contributed by atoms with Crippen molar-refractivity contribution in [2.45, 2.75) is 32.6 Å². The van der Waals surface area contributed by atoms with Crippen LogP contribution >= 0.6 is 24.0 Å². The summed E-state index contributed by atoms with van der Waals surface area (Å²) in [5.41, 5.74) is 0. The van der Waals surface area contributed by atoms with E-state index in [9.17, 15) is 9.59 Å². The lowest BCUT2D eigenvalue weighted by atomic mass is 9.98. The lowest BCUT2D eigenvalue weighted by Gasteiger charge is -2.37. The summed E-state index contributed by atoms with van der Waals surface area (Å²) in [6, 6.07) is 0. The van der Waals surface area contributed by atoms with Gasteiger partial charge in [-0.25, -0.2) is 0 Å². The van der Waals surface area contributed by atoms with Crippen LogP contribution in [0.2, 0.25) is 0 Å². The van der Waals surface area contributed by atoms with Crippen LogP contribution < -0.4 is 0 Å². The number of nitrogens with zero attached hydrogens (tertiary/aromatic N) is 4. The van der Waals surface area contributed by atoms with E-state index in [1.807, 2.05) is 16.9 Å². The van der Waals surface area contributed by atoms with Crippen LogP contribution in [0.5, 0.6) is 0 Å². The minimum Gasteiger partial charge on any atom is -0.466 e. The number of thioether (sulfide) groups is 1. The molecule has 0 aromatic carbocycles. The van der Waals surface area contributed by atoms with Crippen molar-refractivity contribution in [3.05, 3.63) is 0 Å². The molecule has 0 radical (unpaired) electrons. The third-order valence-corrected chi connectivity index (χ3v) is 5.67. The second-order valence-electron chi connectivity index (χ2n) is 6.09. The van der Waals surface area contributed by atoms with Crippen LogP contribution in [0.3, 0.4) is 0 Å². The standard InChI is InChI=1S/C15H22N4O3S2/c1-2-22-13(21)11-5-3-7-17(9-11)10-19-15(23)24-14-16-12(20)6-4-8-18(14)19/h11H,2-10H2,1H3/t11-/m0/s1. The molecule has 3 heterocycles. The van der Waals surface area contributed by atoms with Crippen LogP contribution in [0.1, 0.15) is 32.6 Å². The quantitative estimate of drug-likeness (QED) is 0.544. The molecule has 0 aromatic heterocycles. The first-order chi connectivity index (χ1) is 11.6. The first-order valence-corrected chi connectivity index (χ1v) is 9.58. The highest BCUT2D eigenvalue weighted by atomic mass is 32.2. The fourth-order valence-corrected chi connectivity index (χ4v) is 4.43. The molecular weight excluding hydrogens is 348 g/mol. The van der Waals surface area contributed by atoms with Gasteiger partial charge in [0.25, 0.3) is 0 Å². The van der Waals surface area contributed by atoms with Crippen LogP contribution in [0.15, 0.2) is 4.99 Å². The molecule has 0 aromatic rings. The summed E-state index contributed by atoms with van der Waals surface area (Å²) in [6.45, 7) is 5.23. The summed E-state index contributed by atoms with van der Waals surface area (Å²) in [5, 5.41) is 4.69. The molecule has 0 N–H and O–H groups in total. The number of hydrogen-bond acceptors (Lipinski definition) is 7. The number of amidine groups is 1. The van der Waals surface area contributed by atoms with Crippen molar-refractivity contribution >= 4 is 45.3 Å². The van der Waals surface area contributed by atoms with Crippen molar-refractivity contribution in [3.8, 4) is 0 Å². The maximum atomic E-state index is 12.0. The Balaban J connectivity index is 1.64. The maximum Gasteiger partial charge on any atom is 0.310 e. The number of carbonyl (C=O) groups is 2. The molecule has 7 nitrogen and oxygen atoms in total. The van der Waals surface area contributed by atoms with Gasteiger partial charge in [0.15, 0.2) is 9.49 Å². The number of thiocarbonyl (C=S) groups is 1. The van der Waals surface area contributed by atoms with Gasteiger partial charge in [-0.3, -0.25) is 24.5 Å². The van der Waals surface area contributed by atoms with Crippen LogP contribution in [0.4, 0.5) is 0 Å². The molecule has 0 spiro atoms. The molecule has 3 aliphatic rings. The molecule has 0 saturated carbocycles. The Labute approximate surface area is 151 Å². The van der Waals surface area contributed by atoms with E-state index >= 15 is 0 Å². The number of rotatable bonds is 4. The van der Waals surface area contributed by atoms with Crippen LogP contribution in [0, 0.1) is 5.92 Å². The lowest BCUT2D eigenvalue weighted by Crippen LogP contribution is -2.50. The summed E-state index contributed by atoms with van der Waals surface area (Å²) < 4.78 is 5.87. The Morgan fingerprint density at radius 1 is 1.42 bits per heavy atom. The zero-order valence-corrected chi connectivity index (χ0v) is 15.4. The molecule has 3 rings (SSSR count). The van der Waals surface area contributed by atoms with Gasteiger partial charge in [0, 0.05) is 19.5 Å². The predicted molar refractivity (Wildman–Crippen MR) is 96.2 cm³/mol. The average Bonchev–Trinajstić information content (AvgIpc) is 2.72. The highest BCUT2D eigenvalue weighted by molar-refractivity contribution is 8.33. The normalized spacial score (nSPS) is 25.4. The van der Waals surface area contributed by atoms with Gasteiger partial charge in [0.1, 0.15) is 0 Å². The topological polar surface area (TPSA) is 65.5 Å². The van der Waals surface area contributed by atoms with Gasteiger partial charge in [-0.15, -0.1) is 0 Å². The SMILES string of the molecule is CCOC(=O)[C@H]1CCCN(CN2C(=S)SC3=NC(=O)CCCN32)C1. The van der Waals surface area contributed by atoms with Crippen molar-refractivity contribution in [1.82, 2.24) is 14.9 Å². The summed E-state index contributed by atoms with van der Waals surface area (Å²) in [5.74, 6) is -0.255. The van der Waals surface area contributed by atoms with Crippen molar-refractivity contribution in [2.24, 2.45) is 10.9 Å². The number of aliphatic imine (C=N–C) groups is 1. The van der Waals surface area contributed by atoms with Crippen molar-refractivity contribution in [2.75, 3.05) is 32.9 Å².